The second-order valence-electron chi connectivity index (χ2n) is 10.5. The van der Waals surface area contributed by atoms with Gasteiger partial charge in [-0.25, -0.2) is 5.43 Å². The molecule has 0 unspecified atom stereocenters. The van der Waals surface area contributed by atoms with Crippen molar-refractivity contribution in [1.82, 2.24) is 20.2 Å². The molecular weight excluding hydrogens is 502 g/mol. The lowest BCUT2D eigenvalue weighted by Gasteiger charge is -2.19. The number of hydrogen-bond acceptors (Lipinski definition) is 5. The number of rotatable bonds is 7. The zero-order valence-corrected chi connectivity index (χ0v) is 23.4. The molecule has 0 radical (unpaired) electrons. The molecule has 0 saturated carbocycles. The minimum Gasteiger partial charge on any atom is -0.272 e. The SMILES string of the molecule is Cc1ccc(-n2c(SCC(=O)N/N=C/c3cccc4ccccc34)nnc2-c2ccc(C(C)(C)C)cc2)cc1. The van der Waals surface area contributed by atoms with Gasteiger partial charge in [-0.05, 0) is 40.8 Å². The number of hydrogen-bond donors (Lipinski definition) is 1. The van der Waals surface area contributed by atoms with Gasteiger partial charge in [-0.2, -0.15) is 5.10 Å². The van der Waals surface area contributed by atoms with Gasteiger partial charge in [0.25, 0.3) is 5.91 Å². The minimum absolute atomic E-state index is 0.0631. The van der Waals surface area contributed by atoms with Crippen molar-refractivity contribution < 1.29 is 4.79 Å². The zero-order chi connectivity index (χ0) is 27.4. The molecule has 0 saturated heterocycles. The number of fused-ring (bicyclic) bond motifs is 1. The van der Waals surface area contributed by atoms with Gasteiger partial charge in [0.1, 0.15) is 0 Å². The van der Waals surface area contributed by atoms with Crippen molar-refractivity contribution >= 4 is 34.7 Å². The summed E-state index contributed by atoms with van der Waals surface area (Å²) >= 11 is 1.33. The van der Waals surface area contributed by atoms with Crippen LogP contribution in [-0.2, 0) is 10.2 Å². The third-order valence-corrected chi connectivity index (χ3v) is 7.41. The number of carbonyl (C=O) groups excluding carboxylic acids is 1. The van der Waals surface area contributed by atoms with E-state index in [1.165, 1.54) is 22.9 Å². The third kappa shape index (κ3) is 6.10. The Balaban J connectivity index is 1.34. The van der Waals surface area contributed by atoms with E-state index in [-0.39, 0.29) is 17.1 Å². The predicted molar refractivity (Wildman–Crippen MR) is 161 cm³/mol. The van der Waals surface area contributed by atoms with Gasteiger partial charge in [-0.3, -0.25) is 9.36 Å². The highest BCUT2D eigenvalue weighted by Crippen LogP contribution is 2.30. The van der Waals surface area contributed by atoms with E-state index < -0.39 is 0 Å². The first kappa shape index (κ1) is 26.4. The lowest BCUT2D eigenvalue weighted by Crippen LogP contribution is -2.20. The summed E-state index contributed by atoms with van der Waals surface area (Å²) in [6, 6.07) is 30.8. The highest BCUT2D eigenvalue weighted by atomic mass is 32.2. The van der Waals surface area contributed by atoms with E-state index in [1.54, 1.807) is 6.21 Å². The van der Waals surface area contributed by atoms with E-state index >= 15 is 0 Å². The molecule has 1 amide bonds. The van der Waals surface area contributed by atoms with Crippen molar-refractivity contribution in [3.63, 3.8) is 0 Å². The summed E-state index contributed by atoms with van der Waals surface area (Å²) in [5.74, 6) is 0.669. The minimum atomic E-state index is -0.217. The molecule has 196 valence electrons. The van der Waals surface area contributed by atoms with Crippen molar-refractivity contribution in [2.24, 2.45) is 5.10 Å². The van der Waals surface area contributed by atoms with Crippen LogP contribution in [0.4, 0.5) is 0 Å². The Hall–Kier alpha value is -4.23. The van der Waals surface area contributed by atoms with Crippen LogP contribution in [0.2, 0.25) is 0 Å². The number of hydrazone groups is 1. The van der Waals surface area contributed by atoms with Crippen molar-refractivity contribution in [1.29, 1.82) is 0 Å². The van der Waals surface area contributed by atoms with E-state index in [2.05, 4.69) is 97.0 Å². The van der Waals surface area contributed by atoms with Crippen LogP contribution in [0.5, 0.6) is 0 Å². The molecule has 0 atom stereocenters. The standard InChI is InChI=1S/C32H31N5OS/c1-22-12-18-27(19-13-22)37-30(24-14-16-26(17-15-24)32(2,3)4)35-36-31(37)39-21-29(38)34-33-20-25-10-7-9-23-8-5-6-11-28(23)25/h5-20H,21H2,1-4H3,(H,34,38)/b33-20+. The van der Waals surface area contributed by atoms with Gasteiger partial charge in [0.2, 0.25) is 0 Å². The molecule has 1 aromatic heterocycles. The van der Waals surface area contributed by atoms with Crippen LogP contribution in [0.25, 0.3) is 27.8 Å². The molecular formula is C32H31N5OS. The van der Waals surface area contributed by atoms with Crippen molar-refractivity contribution in [2.45, 2.75) is 38.3 Å². The summed E-state index contributed by atoms with van der Waals surface area (Å²) in [7, 11) is 0. The van der Waals surface area contributed by atoms with Crippen molar-refractivity contribution in [3.05, 3.63) is 108 Å². The molecule has 5 aromatic rings. The quantitative estimate of drug-likeness (QED) is 0.140. The van der Waals surface area contributed by atoms with Gasteiger partial charge in [0.15, 0.2) is 11.0 Å². The monoisotopic (exact) mass is 533 g/mol. The molecule has 0 aliphatic carbocycles. The largest absolute Gasteiger partial charge is 0.272 e. The number of aromatic nitrogens is 3. The molecule has 0 bridgehead atoms. The van der Waals surface area contributed by atoms with E-state index in [4.69, 9.17) is 0 Å². The fraction of sp³-hybridized carbons (Fsp3) is 0.188. The lowest BCUT2D eigenvalue weighted by molar-refractivity contribution is -0.118. The summed E-state index contributed by atoms with van der Waals surface area (Å²) in [5.41, 5.74) is 7.98. The normalized spacial score (nSPS) is 11.8. The van der Waals surface area contributed by atoms with Crippen LogP contribution < -0.4 is 5.43 Å². The zero-order valence-electron chi connectivity index (χ0n) is 22.6. The topological polar surface area (TPSA) is 72.2 Å². The average Bonchev–Trinajstić information content (AvgIpc) is 3.36. The highest BCUT2D eigenvalue weighted by molar-refractivity contribution is 7.99. The summed E-state index contributed by atoms with van der Waals surface area (Å²) < 4.78 is 2.00. The van der Waals surface area contributed by atoms with Gasteiger partial charge in [0, 0.05) is 16.8 Å². The van der Waals surface area contributed by atoms with Crippen LogP contribution >= 0.6 is 11.8 Å². The Labute approximate surface area is 233 Å². The van der Waals surface area contributed by atoms with Gasteiger partial charge in [0.05, 0.1) is 12.0 Å². The van der Waals surface area contributed by atoms with Crippen LogP contribution in [-0.4, -0.2) is 32.6 Å². The van der Waals surface area contributed by atoms with Crippen LogP contribution in [0.3, 0.4) is 0 Å². The fourth-order valence-electron chi connectivity index (χ4n) is 4.30. The molecule has 39 heavy (non-hydrogen) atoms. The van der Waals surface area contributed by atoms with Gasteiger partial charge in [-0.15, -0.1) is 10.2 Å². The number of nitrogens with one attached hydrogen (secondary N) is 1. The number of nitrogens with zero attached hydrogens (tertiary/aromatic N) is 4. The molecule has 0 fully saturated rings. The average molecular weight is 534 g/mol. The second-order valence-corrected chi connectivity index (χ2v) is 11.4. The second kappa shape index (κ2) is 11.3. The molecule has 0 spiro atoms. The molecule has 7 heteroatoms. The molecule has 1 heterocycles. The smallest absolute Gasteiger partial charge is 0.250 e. The molecule has 0 aliphatic heterocycles. The Morgan fingerprint density at radius 3 is 2.38 bits per heavy atom. The van der Waals surface area contributed by atoms with Crippen molar-refractivity contribution in [3.8, 4) is 17.1 Å². The summed E-state index contributed by atoms with van der Waals surface area (Å²) in [5, 5.41) is 16.0. The number of amides is 1. The van der Waals surface area contributed by atoms with E-state index in [9.17, 15) is 4.79 Å². The van der Waals surface area contributed by atoms with Crippen LogP contribution in [0, 0.1) is 6.92 Å². The molecule has 5 rings (SSSR count). The van der Waals surface area contributed by atoms with E-state index in [0.717, 1.165) is 33.4 Å². The molecule has 0 aliphatic rings. The van der Waals surface area contributed by atoms with Crippen LogP contribution in [0.1, 0.15) is 37.5 Å². The number of carbonyl (C=O) groups is 1. The maximum Gasteiger partial charge on any atom is 0.250 e. The summed E-state index contributed by atoms with van der Waals surface area (Å²) in [4.78, 5) is 12.7. The first-order valence-corrected chi connectivity index (χ1v) is 13.8. The molecule has 6 nitrogen and oxygen atoms in total. The maximum atomic E-state index is 12.7. The third-order valence-electron chi connectivity index (χ3n) is 6.48. The number of aryl methyl sites for hydroxylation is 1. The van der Waals surface area contributed by atoms with Gasteiger partial charge in [-0.1, -0.05) is 117 Å². The number of benzene rings is 4. The Bertz CT molecular complexity index is 1630. The Kier molecular flexibility index (Phi) is 7.61. The molecule has 4 aromatic carbocycles. The summed E-state index contributed by atoms with van der Waals surface area (Å²) in [6.45, 7) is 8.65. The van der Waals surface area contributed by atoms with Gasteiger partial charge < -0.3 is 0 Å². The Morgan fingerprint density at radius 1 is 0.923 bits per heavy atom. The van der Waals surface area contributed by atoms with Crippen molar-refractivity contribution in [2.75, 3.05) is 5.75 Å². The molecule has 1 N–H and O–H groups in total. The highest BCUT2D eigenvalue weighted by Gasteiger charge is 2.19. The van der Waals surface area contributed by atoms with E-state index in [0.29, 0.717) is 5.16 Å². The van der Waals surface area contributed by atoms with E-state index in [1.807, 2.05) is 47.0 Å². The maximum absolute atomic E-state index is 12.7. The lowest BCUT2D eigenvalue weighted by atomic mass is 9.87. The predicted octanol–water partition coefficient (Wildman–Crippen LogP) is 6.94. The first-order valence-electron chi connectivity index (χ1n) is 12.9. The van der Waals surface area contributed by atoms with Gasteiger partial charge >= 0.3 is 0 Å². The Morgan fingerprint density at radius 2 is 1.64 bits per heavy atom. The van der Waals surface area contributed by atoms with Crippen LogP contribution in [0.15, 0.2) is 101 Å². The fourth-order valence-corrected chi connectivity index (χ4v) is 5.04. The number of thioether (sulfide) groups is 1. The first-order chi connectivity index (χ1) is 18.8. The summed E-state index contributed by atoms with van der Waals surface area (Å²) in [6.07, 6.45) is 1.68.